The van der Waals surface area contributed by atoms with Crippen molar-refractivity contribution in [3.05, 3.63) is 34.4 Å². The van der Waals surface area contributed by atoms with Gasteiger partial charge in [0.1, 0.15) is 0 Å². The number of halogens is 1. The third-order valence-corrected chi connectivity index (χ3v) is 2.36. The Morgan fingerprint density at radius 2 is 2.36 bits per heavy atom. The van der Waals surface area contributed by atoms with E-state index in [1.165, 1.54) is 10.6 Å². The van der Waals surface area contributed by atoms with Crippen LogP contribution in [0.25, 0.3) is 5.65 Å². The monoisotopic (exact) mass is 211 g/mol. The molecule has 0 spiro atoms. The molecule has 0 aliphatic rings. The highest BCUT2D eigenvalue weighted by molar-refractivity contribution is 6.16. The minimum atomic E-state index is -0.0856. The molecule has 0 unspecified atom stereocenters. The molecule has 74 valence electrons. The van der Waals surface area contributed by atoms with E-state index < -0.39 is 0 Å². The first kappa shape index (κ1) is 9.27. The zero-order chi connectivity index (χ0) is 10.1. The fourth-order valence-corrected chi connectivity index (χ4v) is 1.58. The molecule has 0 N–H and O–H groups in total. The van der Waals surface area contributed by atoms with Crippen LogP contribution in [0.4, 0.5) is 0 Å². The van der Waals surface area contributed by atoms with Crippen molar-refractivity contribution in [3.63, 3.8) is 0 Å². The Balaban J connectivity index is 2.79. The maximum absolute atomic E-state index is 11.6. The molecule has 0 saturated carbocycles. The van der Waals surface area contributed by atoms with Crippen LogP contribution in [-0.4, -0.2) is 14.2 Å². The van der Waals surface area contributed by atoms with Crippen LogP contribution in [-0.2, 0) is 12.4 Å². The Labute approximate surface area is 85.7 Å². The van der Waals surface area contributed by atoms with Gasteiger partial charge in [0, 0.05) is 24.9 Å². The number of nitrogens with zero attached hydrogens (tertiary/aromatic N) is 3. The summed E-state index contributed by atoms with van der Waals surface area (Å²) in [6.07, 6.45) is 1.84. The number of hydrogen-bond acceptors (Lipinski definition) is 2. The van der Waals surface area contributed by atoms with Crippen molar-refractivity contribution < 1.29 is 0 Å². The van der Waals surface area contributed by atoms with Crippen LogP contribution in [0.5, 0.6) is 0 Å². The second-order valence-electron chi connectivity index (χ2n) is 2.96. The first-order chi connectivity index (χ1) is 6.76. The SMILES string of the molecule is CCn1ccc2nc(CCl)cc(=O)n21. The lowest BCUT2D eigenvalue weighted by molar-refractivity contribution is 0.599. The molecule has 0 atom stereocenters. The molecule has 0 aromatic carbocycles. The van der Waals surface area contributed by atoms with Crippen LogP contribution in [0.2, 0.25) is 0 Å². The summed E-state index contributed by atoms with van der Waals surface area (Å²) in [6.45, 7) is 2.71. The second kappa shape index (κ2) is 3.46. The van der Waals surface area contributed by atoms with E-state index in [1.807, 2.05) is 17.8 Å². The van der Waals surface area contributed by atoms with Crippen molar-refractivity contribution in [2.24, 2.45) is 0 Å². The van der Waals surface area contributed by atoms with Gasteiger partial charge in [-0.25, -0.2) is 4.98 Å². The van der Waals surface area contributed by atoms with Crippen LogP contribution in [0, 0.1) is 0 Å². The molecule has 0 fully saturated rings. The Kier molecular flexibility index (Phi) is 2.29. The molecule has 0 saturated heterocycles. The molecule has 2 heterocycles. The zero-order valence-corrected chi connectivity index (χ0v) is 8.53. The number of fused-ring (bicyclic) bond motifs is 1. The molecule has 14 heavy (non-hydrogen) atoms. The summed E-state index contributed by atoms with van der Waals surface area (Å²) in [5.41, 5.74) is 1.18. The molecule has 2 aromatic heterocycles. The summed E-state index contributed by atoms with van der Waals surface area (Å²) in [6, 6.07) is 3.27. The Morgan fingerprint density at radius 3 is 3.00 bits per heavy atom. The van der Waals surface area contributed by atoms with Crippen molar-refractivity contribution >= 4 is 17.2 Å². The molecule has 5 heteroatoms. The van der Waals surface area contributed by atoms with Crippen LogP contribution in [0.15, 0.2) is 23.1 Å². The summed E-state index contributed by atoms with van der Waals surface area (Å²) in [5, 5.41) is 0. The summed E-state index contributed by atoms with van der Waals surface area (Å²) in [5.74, 6) is 0.267. The van der Waals surface area contributed by atoms with Gasteiger partial charge in [0.05, 0.1) is 11.6 Å². The highest BCUT2D eigenvalue weighted by atomic mass is 35.5. The first-order valence-corrected chi connectivity index (χ1v) is 4.93. The number of hydrogen-bond donors (Lipinski definition) is 0. The standard InChI is InChI=1S/C9H10ClN3O/c1-2-12-4-3-8-11-7(6-10)5-9(14)13(8)12/h3-5H,2,6H2,1H3. The van der Waals surface area contributed by atoms with Gasteiger partial charge in [-0.1, -0.05) is 0 Å². The molecular formula is C9H10ClN3O. The van der Waals surface area contributed by atoms with Crippen molar-refractivity contribution in [2.75, 3.05) is 0 Å². The lowest BCUT2D eigenvalue weighted by Gasteiger charge is -2.02. The van der Waals surface area contributed by atoms with Gasteiger partial charge in [0.15, 0.2) is 5.65 Å². The highest BCUT2D eigenvalue weighted by Gasteiger charge is 2.04. The number of aromatic nitrogens is 3. The maximum Gasteiger partial charge on any atom is 0.273 e. The van der Waals surface area contributed by atoms with Crippen molar-refractivity contribution in [3.8, 4) is 0 Å². The van der Waals surface area contributed by atoms with E-state index >= 15 is 0 Å². The predicted molar refractivity (Wildman–Crippen MR) is 54.7 cm³/mol. The van der Waals surface area contributed by atoms with Crippen LogP contribution in [0.1, 0.15) is 12.6 Å². The Morgan fingerprint density at radius 1 is 1.57 bits per heavy atom. The molecule has 2 aromatic rings. The van der Waals surface area contributed by atoms with Gasteiger partial charge < -0.3 is 0 Å². The lowest BCUT2D eigenvalue weighted by Crippen LogP contribution is -2.20. The highest BCUT2D eigenvalue weighted by Crippen LogP contribution is 2.02. The van der Waals surface area contributed by atoms with Gasteiger partial charge in [0.25, 0.3) is 5.56 Å². The van der Waals surface area contributed by atoms with E-state index in [0.717, 1.165) is 6.54 Å². The maximum atomic E-state index is 11.6. The third kappa shape index (κ3) is 1.32. The van der Waals surface area contributed by atoms with E-state index in [9.17, 15) is 4.79 Å². The normalized spacial score (nSPS) is 11.0. The fraction of sp³-hybridized carbons (Fsp3) is 0.333. The van der Waals surface area contributed by atoms with Crippen LogP contribution >= 0.6 is 11.6 Å². The zero-order valence-electron chi connectivity index (χ0n) is 7.77. The number of aryl methyl sites for hydroxylation is 1. The van der Waals surface area contributed by atoms with E-state index in [1.54, 1.807) is 6.07 Å². The van der Waals surface area contributed by atoms with Gasteiger partial charge in [0.2, 0.25) is 0 Å². The average Bonchev–Trinajstić information content (AvgIpc) is 2.61. The Hall–Kier alpha value is -1.29. The largest absolute Gasteiger partial charge is 0.284 e. The van der Waals surface area contributed by atoms with Gasteiger partial charge in [-0.2, -0.15) is 4.52 Å². The number of alkyl halides is 1. The Bertz CT molecular complexity index is 514. The smallest absolute Gasteiger partial charge is 0.273 e. The molecule has 0 bridgehead atoms. The minimum Gasteiger partial charge on any atom is -0.284 e. The summed E-state index contributed by atoms with van der Waals surface area (Å²) in [7, 11) is 0. The van der Waals surface area contributed by atoms with E-state index in [2.05, 4.69) is 4.98 Å². The van der Waals surface area contributed by atoms with Crippen molar-refractivity contribution in [2.45, 2.75) is 19.3 Å². The lowest BCUT2D eigenvalue weighted by atomic mass is 10.4. The second-order valence-corrected chi connectivity index (χ2v) is 3.23. The molecule has 0 radical (unpaired) electrons. The third-order valence-electron chi connectivity index (χ3n) is 2.09. The molecule has 4 nitrogen and oxygen atoms in total. The van der Waals surface area contributed by atoms with Gasteiger partial charge in [-0.05, 0) is 6.92 Å². The quantitative estimate of drug-likeness (QED) is 0.702. The van der Waals surface area contributed by atoms with Gasteiger partial charge in [-0.3, -0.25) is 9.48 Å². The predicted octanol–water partition coefficient (Wildman–Crippen LogP) is 1.25. The van der Waals surface area contributed by atoms with E-state index in [0.29, 0.717) is 11.3 Å². The average molecular weight is 212 g/mol. The van der Waals surface area contributed by atoms with Crippen molar-refractivity contribution in [1.29, 1.82) is 0 Å². The molecule has 0 aliphatic heterocycles. The molecule has 0 amide bonds. The van der Waals surface area contributed by atoms with E-state index in [4.69, 9.17) is 11.6 Å². The summed E-state index contributed by atoms with van der Waals surface area (Å²) < 4.78 is 3.35. The summed E-state index contributed by atoms with van der Waals surface area (Å²) >= 11 is 5.62. The topological polar surface area (TPSA) is 39.3 Å². The molecular weight excluding hydrogens is 202 g/mol. The van der Waals surface area contributed by atoms with Gasteiger partial charge in [-0.15, -0.1) is 11.6 Å². The summed E-state index contributed by atoms with van der Waals surface area (Å²) in [4.78, 5) is 15.9. The minimum absolute atomic E-state index is 0.0856. The van der Waals surface area contributed by atoms with E-state index in [-0.39, 0.29) is 11.4 Å². The molecule has 0 aliphatic carbocycles. The first-order valence-electron chi connectivity index (χ1n) is 4.40. The van der Waals surface area contributed by atoms with Crippen LogP contribution < -0.4 is 5.56 Å². The number of rotatable bonds is 2. The van der Waals surface area contributed by atoms with Gasteiger partial charge >= 0.3 is 0 Å². The fourth-order valence-electron chi connectivity index (χ4n) is 1.44. The van der Waals surface area contributed by atoms with Crippen LogP contribution in [0.3, 0.4) is 0 Å². The van der Waals surface area contributed by atoms with Crippen molar-refractivity contribution in [1.82, 2.24) is 14.2 Å². The molecule has 2 rings (SSSR count).